The van der Waals surface area contributed by atoms with Gasteiger partial charge in [-0.2, -0.15) is 13.2 Å². The Morgan fingerprint density at radius 1 is 1.29 bits per heavy atom. The minimum absolute atomic E-state index is 0. The zero-order valence-electron chi connectivity index (χ0n) is 21.6. The number of carbonyl (C=O) groups is 1. The maximum atomic E-state index is 11.0. The van der Waals surface area contributed by atoms with Crippen molar-refractivity contribution in [1.29, 1.82) is 0 Å². The Kier molecular flexibility index (Phi) is 15.7. The molecule has 0 aromatic carbocycles. The van der Waals surface area contributed by atoms with Crippen LogP contribution in [0.5, 0.6) is 0 Å². The van der Waals surface area contributed by atoms with Crippen LogP contribution in [0.2, 0.25) is 0 Å². The number of aliphatic imine (C=N–C) groups is 1. The normalized spacial score (nSPS) is 29.2. The summed E-state index contributed by atoms with van der Waals surface area (Å²) >= 11 is 0. The van der Waals surface area contributed by atoms with E-state index in [0.717, 1.165) is 25.1 Å². The molecule has 3 aliphatic carbocycles. The molecule has 35 heavy (non-hydrogen) atoms. The Morgan fingerprint density at radius 3 is 1.94 bits per heavy atom. The topological polar surface area (TPSA) is 122 Å². The molecule has 7 nitrogen and oxygen atoms in total. The summed E-state index contributed by atoms with van der Waals surface area (Å²) in [6.45, 7) is 16.9. The minimum Gasteiger partial charge on any atom is -0.412 e. The molecule has 6 N–H and O–H groups in total. The van der Waals surface area contributed by atoms with Gasteiger partial charge in [0.25, 0.3) is 0 Å². The average molecular weight is 535 g/mol. The molecule has 2 atom stereocenters. The van der Waals surface area contributed by atoms with Crippen LogP contribution in [0.15, 0.2) is 30.3 Å². The number of hydrogen-bond donors (Lipinski definition) is 3. The van der Waals surface area contributed by atoms with E-state index in [1.165, 1.54) is 0 Å². The molecule has 2 bridgehead atoms. The minimum atomic E-state index is -4.07. The van der Waals surface area contributed by atoms with Crippen LogP contribution in [-0.2, 0) is 4.79 Å². The van der Waals surface area contributed by atoms with Crippen molar-refractivity contribution in [3.05, 3.63) is 25.3 Å². The van der Waals surface area contributed by atoms with E-state index in [1.807, 2.05) is 25.2 Å². The fourth-order valence-electron chi connectivity index (χ4n) is 4.01. The molecule has 0 aromatic heterocycles. The molecule has 3 saturated carbocycles. The van der Waals surface area contributed by atoms with Crippen LogP contribution in [0.1, 0.15) is 70.6 Å². The van der Waals surface area contributed by atoms with Gasteiger partial charge < -0.3 is 21.1 Å². The number of halogens is 3. The van der Waals surface area contributed by atoms with Gasteiger partial charge in [-0.15, -0.1) is 0 Å². The van der Waals surface area contributed by atoms with Crippen LogP contribution in [0, 0.1) is 5.41 Å². The Hall–Kier alpha value is -1.40. The van der Waals surface area contributed by atoms with Crippen molar-refractivity contribution in [3.8, 4) is 0 Å². The summed E-state index contributed by atoms with van der Waals surface area (Å²) in [5.74, 6) is 1.14. The van der Waals surface area contributed by atoms with Gasteiger partial charge in [0, 0.05) is 26.6 Å². The number of alkyl halides is 3. The number of nitrogens with two attached hydrogens (primary N) is 1. The Balaban J connectivity index is -0.000000172. The number of carbonyl (C=O) groups excluding carboxylic acids is 1. The van der Waals surface area contributed by atoms with Gasteiger partial charge in [0.1, 0.15) is 5.84 Å². The fourth-order valence-corrected chi connectivity index (χ4v) is 5.11. The molecule has 0 saturated heterocycles. The standard InChI is InChI=1S/C14H25N3O2S.C4H6.C3H6F3N.C2H6.CH4.H2O.2H2/c1-10-12(2,3)16-11(15-10)13-6-14(7-13,8-13)17(4)20(5,19)9-18;1-3-4-2;4-3(5,6)1-2-7;1-2;;;;/h9-10,19H,6-8H2,1-5H3,(H,15,16);3-4H,1-2H2;1-2,7H2;1-2H3;1H4;1H2;2*1H/t10-,13?,14?;;;;;;;/m0......./s1. The van der Waals surface area contributed by atoms with Crippen molar-refractivity contribution in [2.45, 2.75) is 91.0 Å². The second-order valence-corrected chi connectivity index (χ2v) is 11.7. The molecule has 1 aliphatic heterocycles. The van der Waals surface area contributed by atoms with Gasteiger partial charge in [-0.25, -0.2) is 4.31 Å². The molecule has 4 rings (SSSR count). The van der Waals surface area contributed by atoms with E-state index < -0.39 is 23.1 Å². The number of nitrogens with zero attached hydrogens (tertiary/aromatic N) is 2. The van der Waals surface area contributed by atoms with E-state index in [-0.39, 0.29) is 38.8 Å². The third-order valence-electron chi connectivity index (χ3n) is 6.31. The van der Waals surface area contributed by atoms with E-state index in [0.29, 0.717) is 11.7 Å². The van der Waals surface area contributed by atoms with Crippen LogP contribution in [0.3, 0.4) is 0 Å². The van der Waals surface area contributed by atoms with E-state index in [9.17, 15) is 22.5 Å². The van der Waals surface area contributed by atoms with E-state index in [4.69, 9.17) is 4.99 Å². The van der Waals surface area contributed by atoms with Gasteiger partial charge >= 0.3 is 6.18 Å². The van der Waals surface area contributed by atoms with Crippen LogP contribution >= 0.6 is 10.5 Å². The largest absolute Gasteiger partial charge is 0.412 e. The predicted octanol–water partition coefficient (Wildman–Crippen LogP) is 5.61. The molecule has 0 radical (unpaired) electrons. The van der Waals surface area contributed by atoms with Crippen molar-refractivity contribution in [2.75, 3.05) is 19.8 Å². The van der Waals surface area contributed by atoms with Crippen molar-refractivity contribution in [1.82, 2.24) is 9.62 Å². The molecule has 214 valence electrons. The summed E-state index contributed by atoms with van der Waals surface area (Å²) in [7, 11) is -0.392. The summed E-state index contributed by atoms with van der Waals surface area (Å²) in [5, 5.41) is 3.58. The van der Waals surface area contributed by atoms with E-state index in [1.54, 1.807) is 18.4 Å². The summed E-state index contributed by atoms with van der Waals surface area (Å²) in [5.41, 5.74) is 5.52. The predicted molar refractivity (Wildman–Crippen MR) is 150 cm³/mol. The van der Waals surface area contributed by atoms with Crippen molar-refractivity contribution < 1.29 is 30.8 Å². The third-order valence-corrected chi connectivity index (χ3v) is 8.17. The molecular formula is C24H53F3N4O3S. The molecule has 3 fully saturated rings. The van der Waals surface area contributed by atoms with Gasteiger partial charge in [0.05, 0.1) is 18.0 Å². The fraction of sp³-hybridized carbons (Fsp3) is 0.750. The van der Waals surface area contributed by atoms with Gasteiger partial charge in [0.2, 0.25) is 0 Å². The highest BCUT2D eigenvalue weighted by atomic mass is 32.3. The zero-order valence-corrected chi connectivity index (χ0v) is 22.4. The molecule has 1 heterocycles. The van der Waals surface area contributed by atoms with Crippen LogP contribution in [0.4, 0.5) is 13.2 Å². The molecule has 0 aromatic rings. The first-order chi connectivity index (χ1) is 15.0. The Bertz CT molecular complexity index is 698. The summed E-state index contributed by atoms with van der Waals surface area (Å²) < 4.78 is 45.0. The smallest absolute Gasteiger partial charge is 0.390 e. The highest BCUT2D eigenvalue weighted by molar-refractivity contribution is 8.37. The van der Waals surface area contributed by atoms with Crippen LogP contribution < -0.4 is 11.1 Å². The lowest BCUT2D eigenvalue weighted by atomic mass is 9.39. The second kappa shape index (κ2) is 14.4. The van der Waals surface area contributed by atoms with Crippen LogP contribution in [-0.4, -0.2) is 68.9 Å². The number of nitrogens with one attached hydrogen (secondary N) is 1. The molecule has 0 amide bonds. The summed E-state index contributed by atoms with van der Waals surface area (Å²) in [4.78, 5) is 15.9. The third kappa shape index (κ3) is 9.20. The lowest BCUT2D eigenvalue weighted by molar-refractivity contribution is -0.140. The lowest BCUT2D eigenvalue weighted by Gasteiger charge is -2.74. The van der Waals surface area contributed by atoms with Gasteiger partial charge in [-0.1, -0.05) is 46.6 Å². The molecule has 1 unspecified atom stereocenters. The van der Waals surface area contributed by atoms with Crippen molar-refractivity contribution in [2.24, 2.45) is 16.1 Å². The Morgan fingerprint density at radius 2 is 1.71 bits per heavy atom. The number of amidine groups is 1. The average Bonchev–Trinajstić information content (AvgIpc) is 2.93. The maximum absolute atomic E-state index is 11.0. The van der Waals surface area contributed by atoms with Gasteiger partial charge in [-0.05, 0) is 57.6 Å². The molecular weight excluding hydrogens is 481 g/mol. The van der Waals surface area contributed by atoms with Crippen molar-refractivity contribution >= 4 is 21.9 Å². The molecule has 11 heteroatoms. The first kappa shape index (κ1) is 38.1. The Labute approximate surface area is 215 Å². The van der Waals surface area contributed by atoms with E-state index >= 15 is 0 Å². The van der Waals surface area contributed by atoms with Gasteiger partial charge in [-0.3, -0.25) is 9.79 Å². The quantitative estimate of drug-likeness (QED) is 0.302. The number of allylic oxidation sites excluding steroid dienone is 2. The SMILES string of the molecule is C.C=CC=C.CC.C[C@@H]1N=C(C23CC(N(C)S(C)(O)C=O)(C2)C3)NC1(C)C.NCCC(F)(F)F.O.[HH].[HH]. The first-order valence-corrected chi connectivity index (χ1v) is 13.1. The number of rotatable bonds is 6. The monoisotopic (exact) mass is 534 g/mol. The first-order valence-electron chi connectivity index (χ1n) is 11.1. The highest BCUT2D eigenvalue weighted by Gasteiger charge is 2.74. The van der Waals surface area contributed by atoms with E-state index in [2.05, 4.69) is 45.0 Å². The van der Waals surface area contributed by atoms with Gasteiger partial charge in [0.15, 0.2) is 5.62 Å². The summed E-state index contributed by atoms with van der Waals surface area (Å²) in [6, 6.07) is 0.295. The maximum Gasteiger partial charge on any atom is 0.390 e. The van der Waals surface area contributed by atoms with Crippen molar-refractivity contribution in [3.63, 3.8) is 0 Å². The second-order valence-electron chi connectivity index (χ2n) is 9.15. The molecule has 0 spiro atoms. The van der Waals surface area contributed by atoms with Crippen LogP contribution in [0.25, 0.3) is 0 Å². The molecule has 4 aliphatic rings. The summed E-state index contributed by atoms with van der Waals surface area (Å²) in [6.07, 6.45) is 2.97. The zero-order chi connectivity index (χ0) is 26.3. The highest BCUT2D eigenvalue weighted by Crippen LogP contribution is 2.73. The lowest BCUT2D eigenvalue weighted by Crippen LogP contribution is -2.77. The number of hydrogen-bond acceptors (Lipinski definition) is 6.